The molecule has 2 aromatic heterocycles. The fourth-order valence-corrected chi connectivity index (χ4v) is 2.02. The first-order valence-electron chi connectivity index (χ1n) is 6.54. The molecule has 0 unspecified atom stereocenters. The van der Waals surface area contributed by atoms with Crippen molar-refractivity contribution in [2.45, 2.75) is 13.0 Å². The SMILES string of the molecule is C[C@H](NC(=O)c1ccoc1)c1ccc(-n2ccnn2)cc1. The molecule has 106 valence electrons. The smallest absolute Gasteiger partial charge is 0.255 e. The Labute approximate surface area is 121 Å². The van der Waals surface area contributed by atoms with E-state index in [0.29, 0.717) is 5.56 Å². The largest absolute Gasteiger partial charge is 0.472 e. The topological polar surface area (TPSA) is 73.0 Å². The number of nitrogens with zero attached hydrogens (tertiary/aromatic N) is 3. The van der Waals surface area contributed by atoms with E-state index in [9.17, 15) is 4.79 Å². The summed E-state index contributed by atoms with van der Waals surface area (Å²) >= 11 is 0. The number of amides is 1. The number of hydrogen-bond donors (Lipinski definition) is 1. The number of benzene rings is 1. The van der Waals surface area contributed by atoms with Crippen LogP contribution in [0.15, 0.2) is 59.7 Å². The second-order valence-electron chi connectivity index (χ2n) is 4.65. The van der Waals surface area contributed by atoms with Gasteiger partial charge in [-0.1, -0.05) is 17.3 Å². The number of carbonyl (C=O) groups excluding carboxylic acids is 1. The van der Waals surface area contributed by atoms with E-state index in [1.807, 2.05) is 31.2 Å². The van der Waals surface area contributed by atoms with Gasteiger partial charge in [0, 0.05) is 0 Å². The van der Waals surface area contributed by atoms with Crippen LogP contribution in [0.3, 0.4) is 0 Å². The van der Waals surface area contributed by atoms with Gasteiger partial charge in [0.25, 0.3) is 5.91 Å². The van der Waals surface area contributed by atoms with Gasteiger partial charge in [-0.2, -0.15) is 0 Å². The van der Waals surface area contributed by atoms with E-state index in [2.05, 4.69) is 15.6 Å². The van der Waals surface area contributed by atoms with Crippen LogP contribution in [0.2, 0.25) is 0 Å². The number of nitrogens with one attached hydrogen (secondary N) is 1. The Kier molecular flexibility index (Phi) is 3.51. The van der Waals surface area contributed by atoms with Gasteiger partial charge in [-0.05, 0) is 30.7 Å². The minimum Gasteiger partial charge on any atom is -0.472 e. The molecule has 1 aromatic carbocycles. The summed E-state index contributed by atoms with van der Waals surface area (Å²) in [7, 11) is 0. The Morgan fingerprint density at radius 2 is 2.10 bits per heavy atom. The summed E-state index contributed by atoms with van der Waals surface area (Å²) in [5, 5.41) is 10.6. The molecule has 0 radical (unpaired) electrons. The summed E-state index contributed by atoms with van der Waals surface area (Å²) in [5.41, 5.74) is 2.45. The van der Waals surface area contributed by atoms with Gasteiger partial charge in [-0.3, -0.25) is 4.79 Å². The van der Waals surface area contributed by atoms with E-state index in [1.165, 1.54) is 12.5 Å². The van der Waals surface area contributed by atoms with Crippen molar-refractivity contribution in [1.82, 2.24) is 20.3 Å². The molecule has 1 amide bonds. The Hall–Kier alpha value is -2.89. The van der Waals surface area contributed by atoms with Crippen molar-refractivity contribution in [2.75, 3.05) is 0 Å². The molecule has 0 aliphatic rings. The normalized spacial score (nSPS) is 12.0. The predicted octanol–water partition coefficient (Wildman–Crippen LogP) is 2.35. The molecule has 0 spiro atoms. The summed E-state index contributed by atoms with van der Waals surface area (Å²) in [6, 6.07) is 9.32. The Morgan fingerprint density at radius 3 is 2.71 bits per heavy atom. The van der Waals surface area contributed by atoms with Gasteiger partial charge in [0.2, 0.25) is 0 Å². The summed E-state index contributed by atoms with van der Waals surface area (Å²) < 4.78 is 6.58. The molecular formula is C15H14N4O2. The van der Waals surface area contributed by atoms with E-state index in [1.54, 1.807) is 23.1 Å². The van der Waals surface area contributed by atoms with Crippen LogP contribution in [0.5, 0.6) is 0 Å². The third kappa shape index (κ3) is 2.84. The first kappa shape index (κ1) is 13.1. The molecule has 21 heavy (non-hydrogen) atoms. The molecule has 0 saturated carbocycles. The number of furan rings is 1. The van der Waals surface area contributed by atoms with Gasteiger partial charge in [0.1, 0.15) is 6.26 Å². The van der Waals surface area contributed by atoms with Crippen molar-refractivity contribution in [1.29, 1.82) is 0 Å². The Balaban J connectivity index is 1.70. The highest BCUT2D eigenvalue weighted by Crippen LogP contribution is 2.16. The average Bonchev–Trinajstić information content (AvgIpc) is 3.20. The second kappa shape index (κ2) is 5.62. The zero-order chi connectivity index (χ0) is 14.7. The van der Waals surface area contributed by atoms with Crippen LogP contribution < -0.4 is 5.32 Å². The first-order chi connectivity index (χ1) is 10.2. The quantitative estimate of drug-likeness (QED) is 0.797. The lowest BCUT2D eigenvalue weighted by Gasteiger charge is -2.14. The van der Waals surface area contributed by atoms with Crippen molar-refractivity contribution in [3.05, 3.63) is 66.4 Å². The second-order valence-corrected chi connectivity index (χ2v) is 4.65. The van der Waals surface area contributed by atoms with Gasteiger partial charge >= 0.3 is 0 Å². The lowest BCUT2D eigenvalue weighted by Crippen LogP contribution is -2.26. The van der Waals surface area contributed by atoms with Crippen molar-refractivity contribution in [3.8, 4) is 5.69 Å². The highest BCUT2D eigenvalue weighted by molar-refractivity contribution is 5.94. The van der Waals surface area contributed by atoms with Gasteiger partial charge < -0.3 is 9.73 Å². The maximum Gasteiger partial charge on any atom is 0.255 e. The van der Waals surface area contributed by atoms with E-state index in [-0.39, 0.29) is 11.9 Å². The highest BCUT2D eigenvalue weighted by atomic mass is 16.3. The lowest BCUT2D eigenvalue weighted by molar-refractivity contribution is 0.0939. The molecule has 3 aromatic rings. The monoisotopic (exact) mass is 282 g/mol. The Morgan fingerprint density at radius 1 is 1.29 bits per heavy atom. The van der Waals surface area contributed by atoms with Gasteiger partial charge in [-0.15, -0.1) is 5.10 Å². The highest BCUT2D eigenvalue weighted by Gasteiger charge is 2.12. The third-order valence-electron chi connectivity index (χ3n) is 3.21. The molecule has 0 aliphatic heterocycles. The molecule has 6 nitrogen and oxygen atoms in total. The van der Waals surface area contributed by atoms with E-state index >= 15 is 0 Å². The fourth-order valence-electron chi connectivity index (χ4n) is 2.02. The van der Waals surface area contributed by atoms with E-state index in [4.69, 9.17) is 4.42 Å². The summed E-state index contributed by atoms with van der Waals surface area (Å²) in [5.74, 6) is -0.156. The minimum atomic E-state index is -0.156. The number of rotatable bonds is 4. The van der Waals surface area contributed by atoms with Crippen molar-refractivity contribution in [3.63, 3.8) is 0 Å². The zero-order valence-electron chi connectivity index (χ0n) is 11.4. The van der Waals surface area contributed by atoms with Gasteiger partial charge in [-0.25, -0.2) is 4.68 Å². The van der Waals surface area contributed by atoms with Gasteiger partial charge in [0.15, 0.2) is 0 Å². The van der Waals surface area contributed by atoms with Crippen LogP contribution in [0.1, 0.15) is 28.9 Å². The number of hydrogen-bond acceptors (Lipinski definition) is 4. The molecule has 0 saturated heterocycles. The molecule has 1 atom stereocenters. The van der Waals surface area contributed by atoms with E-state index < -0.39 is 0 Å². The van der Waals surface area contributed by atoms with Crippen molar-refractivity contribution in [2.24, 2.45) is 0 Å². The molecule has 2 heterocycles. The number of carbonyl (C=O) groups is 1. The molecule has 3 rings (SSSR count). The molecule has 0 aliphatic carbocycles. The Bertz CT molecular complexity index is 703. The van der Waals surface area contributed by atoms with Crippen LogP contribution >= 0.6 is 0 Å². The van der Waals surface area contributed by atoms with Crippen molar-refractivity contribution < 1.29 is 9.21 Å². The number of aromatic nitrogens is 3. The summed E-state index contributed by atoms with van der Waals surface area (Å²) in [4.78, 5) is 11.9. The van der Waals surface area contributed by atoms with Gasteiger partial charge in [0.05, 0.1) is 35.9 Å². The third-order valence-corrected chi connectivity index (χ3v) is 3.21. The molecule has 1 N–H and O–H groups in total. The standard InChI is InChI=1S/C15H14N4O2/c1-11(17-15(20)13-6-9-21-10-13)12-2-4-14(5-3-12)19-8-7-16-18-19/h2-11H,1H3,(H,17,20)/t11-/m0/s1. The maximum atomic E-state index is 11.9. The molecular weight excluding hydrogens is 268 g/mol. The van der Waals surface area contributed by atoms with Crippen LogP contribution in [0.4, 0.5) is 0 Å². The van der Waals surface area contributed by atoms with Crippen molar-refractivity contribution >= 4 is 5.91 Å². The summed E-state index contributed by atoms with van der Waals surface area (Å²) in [6.07, 6.45) is 6.31. The summed E-state index contributed by atoms with van der Waals surface area (Å²) in [6.45, 7) is 1.93. The van der Waals surface area contributed by atoms with Crippen LogP contribution in [-0.4, -0.2) is 20.9 Å². The zero-order valence-corrected chi connectivity index (χ0v) is 11.4. The first-order valence-corrected chi connectivity index (χ1v) is 6.54. The minimum absolute atomic E-state index is 0.0998. The van der Waals surface area contributed by atoms with E-state index in [0.717, 1.165) is 11.3 Å². The molecule has 6 heteroatoms. The maximum absolute atomic E-state index is 11.9. The predicted molar refractivity (Wildman–Crippen MR) is 75.9 cm³/mol. The van der Waals surface area contributed by atoms with Crippen LogP contribution in [0, 0.1) is 0 Å². The van der Waals surface area contributed by atoms with Crippen LogP contribution in [0.25, 0.3) is 5.69 Å². The lowest BCUT2D eigenvalue weighted by atomic mass is 10.1. The van der Waals surface area contributed by atoms with Crippen LogP contribution in [-0.2, 0) is 0 Å². The average molecular weight is 282 g/mol. The molecule has 0 fully saturated rings. The molecule has 0 bridgehead atoms. The fraction of sp³-hybridized carbons (Fsp3) is 0.133.